The Hall–Kier alpha value is -2.41. The third kappa shape index (κ3) is 3.98. The molecule has 0 unspecified atom stereocenters. The summed E-state index contributed by atoms with van der Waals surface area (Å²) in [6, 6.07) is 5.89. The molecule has 2 heterocycles. The van der Waals surface area contributed by atoms with Crippen molar-refractivity contribution in [2.75, 3.05) is 18.1 Å². The number of fused-ring (bicyclic) bond motifs is 1. The van der Waals surface area contributed by atoms with Gasteiger partial charge < -0.3 is 10.1 Å². The molecule has 1 aliphatic heterocycles. The highest BCUT2D eigenvalue weighted by molar-refractivity contribution is 7.09. The Labute approximate surface area is 162 Å². The number of nitrogens with zero attached hydrogens (tertiary/aromatic N) is 2. The second-order valence-corrected chi connectivity index (χ2v) is 8.17. The summed E-state index contributed by atoms with van der Waals surface area (Å²) in [6.45, 7) is 1.94. The Bertz CT molecular complexity index is 858. The summed E-state index contributed by atoms with van der Waals surface area (Å²) in [5, 5.41) is 6.06. The van der Waals surface area contributed by atoms with E-state index in [1.807, 2.05) is 30.5 Å². The normalized spacial score (nSPS) is 17.4. The molecule has 142 valence electrons. The van der Waals surface area contributed by atoms with E-state index in [0.717, 1.165) is 41.9 Å². The Morgan fingerprint density at radius 3 is 2.89 bits per heavy atom. The van der Waals surface area contributed by atoms with Gasteiger partial charge in [0.1, 0.15) is 12.3 Å². The van der Waals surface area contributed by atoms with Crippen LogP contribution in [0.3, 0.4) is 0 Å². The molecule has 1 aromatic carbocycles. The smallest absolute Gasteiger partial charge is 0.265 e. The quantitative estimate of drug-likeness (QED) is 0.877. The Morgan fingerprint density at radius 2 is 2.15 bits per heavy atom. The summed E-state index contributed by atoms with van der Waals surface area (Å²) >= 11 is 1.58. The highest BCUT2D eigenvalue weighted by Gasteiger charge is 2.28. The number of nitrogens with one attached hydrogen (secondary N) is 1. The van der Waals surface area contributed by atoms with Crippen molar-refractivity contribution in [1.29, 1.82) is 0 Å². The average Bonchev–Trinajstić information content (AvgIpc) is 3.11. The van der Waals surface area contributed by atoms with Crippen molar-refractivity contribution in [3.8, 4) is 17.0 Å². The molecule has 1 aliphatic carbocycles. The number of aromatic nitrogens is 1. The first-order chi connectivity index (χ1) is 13.1. The van der Waals surface area contributed by atoms with Crippen molar-refractivity contribution in [3.05, 3.63) is 28.6 Å². The fourth-order valence-electron chi connectivity index (χ4n) is 3.69. The van der Waals surface area contributed by atoms with Gasteiger partial charge in [-0.05, 0) is 38.0 Å². The van der Waals surface area contributed by atoms with E-state index in [9.17, 15) is 9.59 Å². The number of aryl methyl sites for hydroxylation is 1. The van der Waals surface area contributed by atoms with Crippen LogP contribution >= 0.6 is 11.3 Å². The number of carbonyl (C=O) groups excluding carboxylic acids is 2. The van der Waals surface area contributed by atoms with Crippen LogP contribution in [-0.2, 0) is 9.59 Å². The predicted octanol–water partition coefficient (Wildman–Crippen LogP) is 3.29. The summed E-state index contributed by atoms with van der Waals surface area (Å²) < 4.78 is 5.55. The molecule has 0 saturated heterocycles. The minimum absolute atomic E-state index is 0.0191. The molecule has 2 aromatic rings. The topological polar surface area (TPSA) is 71.5 Å². The maximum atomic E-state index is 12.5. The molecule has 0 radical (unpaired) electrons. The molecule has 4 rings (SSSR count). The molecule has 7 heteroatoms. The minimum atomic E-state index is -0.201. The Balaban J connectivity index is 1.54. The molecule has 1 aromatic heterocycles. The van der Waals surface area contributed by atoms with Crippen LogP contribution in [0, 0.1) is 6.92 Å². The van der Waals surface area contributed by atoms with Crippen LogP contribution in [0.2, 0.25) is 0 Å². The lowest BCUT2D eigenvalue weighted by molar-refractivity contribution is -0.125. The van der Waals surface area contributed by atoms with Gasteiger partial charge in [-0.3, -0.25) is 14.5 Å². The van der Waals surface area contributed by atoms with Gasteiger partial charge >= 0.3 is 0 Å². The molecule has 0 spiro atoms. The van der Waals surface area contributed by atoms with Gasteiger partial charge in [0.25, 0.3) is 5.91 Å². The van der Waals surface area contributed by atoms with Gasteiger partial charge in [-0.15, -0.1) is 11.3 Å². The van der Waals surface area contributed by atoms with Gasteiger partial charge in [-0.1, -0.05) is 19.3 Å². The molecule has 0 bridgehead atoms. The van der Waals surface area contributed by atoms with Crippen molar-refractivity contribution in [1.82, 2.24) is 10.3 Å². The zero-order chi connectivity index (χ0) is 18.8. The molecule has 1 fully saturated rings. The van der Waals surface area contributed by atoms with Gasteiger partial charge in [-0.2, -0.15) is 0 Å². The summed E-state index contributed by atoms with van der Waals surface area (Å²) in [5.41, 5.74) is 2.41. The first kappa shape index (κ1) is 18.0. The third-order valence-corrected chi connectivity index (χ3v) is 5.86. The third-order valence-electron chi connectivity index (χ3n) is 5.09. The second kappa shape index (κ2) is 7.68. The molecular formula is C20H23N3O3S. The highest BCUT2D eigenvalue weighted by Crippen LogP contribution is 2.36. The van der Waals surface area contributed by atoms with Crippen molar-refractivity contribution in [3.63, 3.8) is 0 Å². The first-order valence-electron chi connectivity index (χ1n) is 9.39. The number of ether oxygens (including phenoxy) is 1. The lowest BCUT2D eigenvalue weighted by Crippen LogP contribution is -2.47. The standard InChI is InChI=1S/C20H23N3O3S/c1-13-21-16(12-27-13)14-7-8-18-17(9-14)23(20(25)11-26-18)10-19(24)22-15-5-3-2-4-6-15/h7-9,12,15H,2-6,10-11H2,1H3,(H,22,24). The first-order valence-corrected chi connectivity index (χ1v) is 10.3. The number of amides is 2. The van der Waals surface area contributed by atoms with E-state index < -0.39 is 0 Å². The van der Waals surface area contributed by atoms with E-state index in [2.05, 4.69) is 10.3 Å². The van der Waals surface area contributed by atoms with Crippen molar-refractivity contribution in [2.45, 2.75) is 45.1 Å². The monoisotopic (exact) mass is 385 g/mol. The van der Waals surface area contributed by atoms with Crippen LogP contribution in [0.1, 0.15) is 37.1 Å². The van der Waals surface area contributed by atoms with E-state index in [1.165, 1.54) is 11.3 Å². The number of rotatable bonds is 4. The van der Waals surface area contributed by atoms with Crippen LogP contribution in [-0.4, -0.2) is 36.0 Å². The molecule has 2 amide bonds. The van der Waals surface area contributed by atoms with Crippen molar-refractivity contribution >= 4 is 28.8 Å². The minimum Gasteiger partial charge on any atom is -0.482 e. The lowest BCUT2D eigenvalue weighted by atomic mass is 9.95. The number of thiazole rings is 1. The van der Waals surface area contributed by atoms with E-state index in [0.29, 0.717) is 11.4 Å². The van der Waals surface area contributed by atoms with Crippen LogP contribution < -0.4 is 15.0 Å². The van der Waals surface area contributed by atoms with Crippen molar-refractivity contribution in [2.24, 2.45) is 0 Å². The molecule has 1 saturated carbocycles. The summed E-state index contributed by atoms with van der Waals surface area (Å²) in [5.74, 6) is 0.307. The Kier molecular flexibility index (Phi) is 5.11. The zero-order valence-corrected chi connectivity index (χ0v) is 16.2. The number of anilines is 1. The molecule has 2 aliphatic rings. The fourth-order valence-corrected chi connectivity index (χ4v) is 4.32. The van der Waals surface area contributed by atoms with Crippen LogP contribution in [0.25, 0.3) is 11.3 Å². The molecule has 1 N–H and O–H groups in total. The van der Waals surface area contributed by atoms with Gasteiger partial charge in [-0.25, -0.2) is 4.98 Å². The summed E-state index contributed by atoms with van der Waals surface area (Å²) in [7, 11) is 0. The number of hydrogen-bond acceptors (Lipinski definition) is 5. The van der Waals surface area contributed by atoms with Gasteiger partial charge in [0, 0.05) is 17.0 Å². The SMILES string of the molecule is Cc1nc(-c2ccc3c(c2)N(CC(=O)NC2CCCCC2)C(=O)CO3)cs1. The molecule has 0 atom stereocenters. The highest BCUT2D eigenvalue weighted by atomic mass is 32.1. The van der Waals surface area contributed by atoms with Gasteiger partial charge in [0.15, 0.2) is 6.61 Å². The zero-order valence-electron chi connectivity index (χ0n) is 15.4. The van der Waals surface area contributed by atoms with E-state index in [4.69, 9.17) is 4.74 Å². The van der Waals surface area contributed by atoms with Gasteiger partial charge in [0.05, 0.1) is 16.4 Å². The molecule has 27 heavy (non-hydrogen) atoms. The Morgan fingerprint density at radius 1 is 1.33 bits per heavy atom. The maximum absolute atomic E-state index is 12.5. The fraction of sp³-hybridized carbons (Fsp3) is 0.450. The second-order valence-electron chi connectivity index (χ2n) is 7.11. The summed E-state index contributed by atoms with van der Waals surface area (Å²) in [4.78, 5) is 31.0. The van der Waals surface area contributed by atoms with E-state index >= 15 is 0 Å². The largest absolute Gasteiger partial charge is 0.482 e. The van der Waals surface area contributed by atoms with E-state index in [-0.39, 0.29) is 31.0 Å². The average molecular weight is 385 g/mol. The number of carbonyl (C=O) groups is 2. The predicted molar refractivity (Wildman–Crippen MR) is 105 cm³/mol. The molecule has 6 nitrogen and oxygen atoms in total. The van der Waals surface area contributed by atoms with Crippen LogP contribution in [0.5, 0.6) is 5.75 Å². The summed E-state index contributed by atoms with van der Waals surface area (Å²) in [6.07, 6.45) is 5.58. The van der Waals surface area contributed by atoms with Crippen molar-refractivity contribution < 1.29 is 14.3 Å². The van der Waals surface area contributed by atoms with Gasteiger partial charge in [0.2, 0.25) is 5.91 Å². The molecular weight excluding hydrogens is 362 g/mol. The number of hydrogen-bond donors (Lipinski definition) is 1. The maximum Gasteiger partial charge on any atom is 0.265 e. The lowest BCUT2D eigenvalue weighted by Gasteiger charge is -2.30. The number of benzene rings is 1. The van der Waals surface area contributed by atoms with E-state index in [1.54, 1.807) is 11.3 Å². The van der Waals surface area contributed by atoms with Crippen LogP contribution in [0.4, 0.5) is 5.69 Å². The van der Waals surface area contributed by atoms with Crippen LogP contribution in [0.15, 0.2) is 23.6 Å².